The molecule has 0 saturated carbocycles. The first-order valence-corrected chi connectivity index (χ1v) is 8.61. The molecule has 0 spiro atoms. The molecule has 0 fully saturated rings. The number of hydrogen-bond donors (Lipinski definition) is 1. The van der Waals surface area contributed by atoms with Gasteiger partial charge in [-0.2, -0.15) is 15.2 Å². The molecule has 0 amide bonds. The lowest BCUT2D eigenvalue weighted by atomic mass is 9.94. The molecule has 1 aliphatic heterocycles. The minimum absolute atomic E-state index is 0.0533. The van der Waals surface area contributed by atoms with Crippen molar-refractivity contribution in [2.45, 2.75) is 19.9 Å². The zero-order valence-corrected chi connectivity index (χ0v) is 14.6. The molecule has 6 nitrogen and oxygen atoms in total. The maximum Gasteiger partial charge on any atom is 0.227 e. The monoisotopic (exact) mass is 342 g/mol. The fraction of sp³-hybridized carbons (Fsp3) is 0.150. The van der Waals surface area contributed by atoms with Crippen molar-refractivity contribution in [2.24, 2.45) is 0 Å². The number of para-hydroxylation sites is 1. The van der Waals surface area contributed by atoms with Crippen LogP contribution < -0.4 is 5.32 Å². The molecule has 0 bridgehead atoms. The van der Waals surface area contributed by atoms with Crippen LogP contribution in [0.3, 0.4) is 0 Å². The second kappa shape index (κ2) is 5.56. The Kier molecular flexibility index (Phi) is 3.18. The van der Waals surface area contributed by atoms with Crippen LogP contribution in [-0.4, -0.2) is 24.5 Å². The van der Waals surface area contributed by atoms with Gasteiger partial charge in [-0.15, -0.1) is 0 Å². The Bertz CT molecular complexity index is 1090. The Morgan fingerprint density at radius 1 is 0.962 bits per heavy atom. The maximum atomic E-state index is 4.82. The smallest absolute Gasteiger partial charge is 0.227 e. The van der Waals surface area contributed by atoms with E-state index in [1.54, 1.807) is 6.33 Å². The molecule has 2 aromatic heterocycles. The molecule has 26 heavy (non-hydrogen) atoms. The van der Waals surface area contributed by atoms with Crippen molar-refractivity contribution in [1.82, 2.24) is 24.5 Å². The highest BCUT2D eigenvalue weighted by Crippen LogP contribution is 2.42. The first-order chi connectivity index (χ1) is 12.7. The second-order valence-electron chi connectivity index (χ2n) is 6.51. The Balaban J connectivity index is 1.78. The highest BCUT2D eigenvalue weighted by atomic mass is 15.5. The van der Waals surface area contributed by atoms with E-state index in [1.807, 2.05) is 34.5 Å². The lowest BCUT2D eigenvalue weighted by Gasteiger charge is -2.27. The lowest BCUT2D eigenvalue weighted by Crippen LogP contribution is -2.23. The van der Waals surface area contributed by atoms with Crippen LogP contribution in [-0.2, 0) is 0 Å². The van der Waals surface area contributed by atoms with Crippen LogP contribution in [0.4, 0.5) is 11.8 Å². The van der Waals surface area contributed by atoms with Crippen LogP contribution in [0.5, 0.6) is 0 Å². The number of fused-ring (bicyclic) bond motifs is 2. The summed E-state index contributed by atoms with van der Waals surface area (Å²) < 4.78 is 3.89. The first-order valence-electron chi connectivity index (χ1n) is 8.61. The SMILES string of the molecule is Cc1ccccc1C1c2c(C)nn(-c3ccccc3)c2Nc2ncnn21. The summed E-state index contributed by atoms with van der Waals surface area (Å²) in [7, 11) is 0. The topological polar surface area (TPSA) is 60.6 Å². The molecule has 4 aromatic rings. The highest BCUT2D eigenvalue weighted by Gasteiger charge is 2.34. The molecule has 1 unspecified atom stereocenters. The third kappa shape index (κ3) is 2.08. The maximum absolute atomic E-state index is 4.82. The van der Waals surface area contributed by atoms with E-state index in [2.05, 4.69) is 58.7 Å². The van der Waals surface area contributed by atoms with Gasteiger partial charge in [0.1, 0.15) is 18.2 Å². The zero-order valence-electron chi connectivity index (χ0n) is 14.6. The summed E-state index contributed by atoms with van der Waals surface area (Å²) in [5.41, 5.74) is 5.55. The van der Waals surface area contributed by atoms with Gasteiger partial charge in [0.2, 0.25) is 5.95 Å². The Labute approximate surface area is 151 Å². The van der Waals surface area contributed by atoms with Crippen molar-refractivity contribution in [3.63, 3.8) is 0 Å². The van der Waals surface area contributed by atoms with E-state index in [0.717, 1.165) is 28.7 Å². The van der Waals surface area contributed by atoms with Crippen LogP contribution in [0.2, 0.25) is 0 Å². The van der Waals surface area contributed by atoms with E-state index in [9.17, 15) is 0 Å². The largest absolute Gasteiger partial charge is 0.309 e. The fourth-order valence-electron chi connectivity index (χ4n) is 3.68. The summed E-state index contributed by atoms with van der Waals surface area (Å²) in [6, 6.07) is 18.5. The van der Waals surface area contributed by atoms with Gasteiger partial charge in [-0.3, -0.25) is 0 Å². The van der Waals surface area contributed by atoms with Crippen LogP contribution >= 0.6 is 0 Å². The summed E-state index contributed by atoms with van der Waals surface area (Å²) in [5, 5.41) is 12.7. The van der Waals surface area contributed by atoms with Gasteiger partial charge in [-0.05, 0) is 37.1 Å². The van der Waals surface area contributed by atoms with Crippen molar-refractivity contribution in [3.05, 3.63) is 83.3 Å². The average molecular weight is 342 g/mol. The van der Waals surface area contributed by atoms with Crippen molar-refractivity contribution >= 4 is 11.8 Å². The number of benzene rings is 2. The molecule has 0 saturated heterocycles. The minimum atomic E-state index is -0.0533. The molecule has 1 atom stereocenters. The standard InChI is InChI=1S/C20H18N6/c1-13-8-6-7-11-16(13)18-17-14(2)24-25(15-9-4-3-5-10-15)19(17)23-20-21-12-22-26(18)20/h3-12,18H,1-2H3,(H,21,22,23). The van der Waals surface area contributed by atoms with Crippen molar-refractivity contribution in [2.75, 3.05) is 5.32 Å². The third-order valence-electron chi connectivity index (χ3n) is 4.91. The van der Waals surface area contributed by atoms with Crippen molar-refractivity contribution < 1.29 is 0 Å². The Morgan fingerprint density at radius 2 is 1.73 bits per heavy atom. The first kappa shape index (κ1) is 14.9. The summed E-state index contributed by atoms with van der Waals surface area (Å²) in [5.74, 6) is 1.67. The van der Waals surface area contributed by atoms with Gasteiger partial charge in [0.05, 0.1) is 11.4 Å². The van der Waals surface area contributed by atoms with Gasteiger partial charge >= 0.3 is 0 Å². The third-order valence-corrected chi connectivity index (χ3v) is 4.91. The minimum Gasteiger partial charge on any atom is -0.309 e. The van der Waals surface area contributed by atoms with E-state index in [0.29, 0.717) is 0 Å². The normalized spacial score (nSPS) is 15.2. The predicted octanol–water partition coefficient (Wildman–Crippen LogP) is 3.78. The van der Waals surface area contributed by atoms with Gasteiger partial charge in [0, 0.05) is 5.56 Å². The van der Waals surface area contributed by atoms with Gasteiger partial charge < -0.3 is 5.32 Å². The van der Waals surface area contributed by atoms with E-state index in [-0.39, 0.29) is 6.04 Å². The molecule has 0 radical (unpaired) electrons. The zero-order chi connectivity index (χ0) is 17.7. The number of nitrogens with zero attached hydrogens (tertiary/aromatic N) is 5. The van der Waals surface area contributed by atoms with E-state index in [4.69, 9.17) is 5.10 Å². The van der Waals surface area contributed by atoms with E-state index < -0.39 is 0 Å². The predicted molar refractivity (Wildman–Crippen MR) is 100 cm³/mol. The van der Waals surface area contributed by atoms with Crippen molar-refractivity contribution in [3.8, 4) is 5.69 Å². The highest BCUT2D eigenvalue weighted by molar-refractivity contribution is 5.65. The fourth-order valence-corrected chi connectivity index (χ4v) is 3.68. The van der Waals surface area contributed by atoms with Gasteiger partial charge in [-0.25, -0.2) is 9.36 Å². The molecule has 1 aliphatic rings. The average Bonchev–Trinajstić information content (AvgIpc) is 3.26. The molecular formula is C20H18N6. The summed E-state index contributed by atoms with van der Waals surface area (Å²) in [4.78, 5) is 4.40. The molecule has 0 aliphatic carbocycles. The van der Waals surface area contributed by atoms with E-state index >= 15 is 0 Å². The van der Waals surface area contributed by atoms with E-state index in [1.165, 1.54) is 11.1 Å². The molecule has 128 valence electrons. The Morgan fingerprint density at radius 3 is 2.54 bits per heavy atom. The van der Waals surface area contributed by atoms with Gasteiger partial charge in [0.15, 0.2) is 0 Å². The molecule has 5 rings (SSSR count). The van der Waals surface area contributed by atoms with Gasteiger partial charge in [0.25, 0.3) is 0 Å². The number of anilines is 2. The number of aromatic nitrogens is 5. The number of nitrogens with one attached hydrogen (secondary N) is 1. The molecule has 3 heterocycles. The second-order valence-corrected chi connectivity index (χ2v) is 6.51. The number of hydrogen-bond acceptors (Lipinski definition) is 4. The summed E-state index contributed by atoms with van der Waals surface area (Å²) in [6.45, 7) is 4.18. The summed E-state index contributed by atoms with van der Waals surface area (Å²) in [6.07, 6.45) is 1.59. The Hall–Kier alpha value is -3.41. The summed E-state index contributed by atoms with van der Waals surface area (Å²) >= 11 is 0. The number of rotatable bonds is 2. The molecule has 1 N–H and O–H groups in total. The van der Waals surface area contributed by atoms with Crippen molar-refractivity contribution in [1.29, 1.82) is 0 Å². The van der Waals surface area contributed by atoms with Crippen LogP contribution in [0.1, 0.15) is 28.4 Å². The van der Waals surface area contributed by atoms with Crippen LogP contribution in [0.25, 0.3) is 5.69 Å². The van der Waals surface area contributed by atoms with Crippen LogP contribution in [0.15, 0.2) is 60.9 Å². The lowest BCUT2D eigenvalue weighted by molar-refractivity contribution is 0.588. The number of aryl methyl sites for hydroxylation is 2. The molecule has 2 aromatic carbocycles. The molecular weight excluding hydrogens is 324 g/mol. The molecule has 6 heteroatoms. The van der Waals surface area contributed by atoms with Gasteiger partial charge in [-0.1, -0.05) is 42.5 Å². The quantitative estimate of drug-likeness (QED) is 0.530. The van der Waals surface area contributed by atoms with Crippen LogP contribution in [0, 0.1) is 13.8 Å².